The second-order valence-electron chi connectivity index (χ2n) is 3.39. The summed E-state index contributed by atoms with van der Waals surface area (Å²) in [5.74, 6) is 0.270. The van der Waals surface area contributed by atoms with Crippen molar-refractivity contribution in [2.75, 3.05) is 18.2 Å². The van der Waals surface area contributed by atoms with Gasteiger partial charge in [0.2, 0.25) is 15.0 Å². The molecule has 0 N–H and O–H groups in total. The molecule has 1 amide bonds. The van der Waals surface area contributed by atoms with Crippen LogP contribution in [-0.2, 0) is 21.2 Å². The van der Waals surface area contributed by atoms with Crippen LogP contribution in [0.15, 0.2) is 11.4 Å². The van der Waals surface area contributed by atoms with Gasteiger partial charge in [0.15, 0.2) is 0 Å². The third-order valence-electron chi connectivity index (χ3n) is 2.09. The summed E-state index contributed by atoms with van der Waals surface area (Å²) in [5, 5.41) is -0.298. The van der Waals surface area contributed by atoms with Crippen molar-refractivity contribution in [3.63, 3.8) is 0 Å². The number of aromatic nitrogens is 2. The zero-order valence-corrected chi connectivity index (χ0v) is 9.48. The molecule has 0 radical (unpaired) electrons. The highest BCUT2D eigenvalue weighted by atomic mass is 32.2. The zero-order chi connectivity index (χ0) is 11.9. The van der Waals surface area contributed by atoms with Crippen molar-refractivity contribution in [1.29, 1.82) is 0 Å². The van der Waals surface area contributed by atoms with Crippen LogP contribution in [0.5, 0.6) is 0 Å². The molecule has 16 heavy (non-hydrogen) atoms. The Morgan fingerprint density at radius 2 is 2.19 bits per heavy atom. The van der Waals surface area contributed by atoms with Crippen molar-refractivity contribution in [1.82, 2.24) is 9.97 Å². The standard InChI is InChI=1S/C8H9N3O4S/c1-11-6-5(4-15-8(11)12)3-9-7(10-6)16(2,13)14/h3H,4H2,1-2H3. The van der Waals surface area contributed by atoms with Crippen LogP contribution in [0, 0.1) is 0 Å². The van der Waals surface area contributed by atoms with Gasteiger partial charge in [0.1, 0.15) is 12.4 Å². The molecule has 1 aromatic rings. The first-order valence-electron chi connectivity index (χ1n) is 4.36. The molecule has 0 fully saturated rings. The van der Waals surface area contributed by atoms with E-state index in [-0.39, 0.29) is 17.6 Å². The molecule has 1 aromatic heterocycles. The van der Waals surface area contributed by atoms with Crippen molar-refractivity contribution < 1.29 is 17.9 Å². The molecule has 0 unspecified atom stereocenters. The SMILES string of the molecule is CN1C(=O)OCc2cnc(S(C)(=O)=O)nc21. The van der Waals surface area contributed by atoms with Crippen molar-refractivity contribution in [3.05, 3.63) is 11.8 Å². The maximum Gasteiger partial charge on any atom is 0.415 e. The third-order valence-corrected chi connectivity index (χ3v) is 2.95. The molecule has 1 aliphatic heterocycles. The molecule has 0 saturated carbocycles. The number of sulfone groups is 1. The van der Waals surface area contributed by atoms with Gasteiger partial charge in [-0.3, -0.25) is 4.90 Å². The Hall–Kier alpha value is -1.70. The van der Waals surface area contributed by atoms with E-state index in [0.29, 0.717) is 5.56 Å². The minimum atomic E-state index is -3.48. The number of hydrogen-bond acceptors (Lipinski definition) is 6. The van der Waals surface area contributed by atoms with Crippen LogP contribution in [0.4, 0.5) is 10.6 Å². The predicted octanol–water partition coefficient (Wildman–Crippen LogP) is -0.0335. The van der Waals surface area contributed by atoms with Crippen molar-refractivity contribution in [2.45, 2.75) is 11.8 Å². The van der Waals surface area contributed by atoms with E-state index in [1.54, 1.807) is 0 Å². The number of fused-ring (bicyclic) bond motifs is 1. The van der Waals surface area contributed by atoms with Crippen LogP contribution in [0.25, 0.3) is 0 Å². The fourth-order valence-electron chi connectivity index (χ4n) is 1.28. The molecular formula is C8H9N3O4S. The van der Waals surface area contributed by atoms with Crippen molar-refractivity contribution in [2.24, 2.45) is 0 Å². The molecule has 0 saturated heterocycles. The van der Waals surface area contributed by atoms with Gasteiger partial charge in [-0.05, 0) is 0 Å². The first-order valence-corrected chi connectivity index (χ1v) is 6.25. The van der Waals surface area contributed by atoms with E-state index >= 15 is 0 Å². The van der Waals surface area contributed by atoms with Crippen LogP contribution >= 0.6 is 0 Å². The summed E-state index contributed by atoms with van der Waals surface area (Å²) in [6.07, 6.45) is 1.79. The van der Waals surface area contributed by atoms with E-state index in [9.17, 15) is 13.2 Å². The van der Waals surface area contributed by atoms with Gasteiger partial charge in [-0.25, -0.2) is 18.2 Å². The van der Waals surface area contributed by atoms with Crippen LogP contribution in [0.1, 0.15) is 5.56 Å². The smallest absolute Gasteiger partial charge is 0.415 e. The number of cyclic esters (lactones) is 1. The lowest BCUT2D eigenvalue weighted by Gasteiger charge is -2.23. The highest BCUT2D eigenvalue weighted by Gasteiger charge is 2.26. The van der Waals surface area contributed by atoms with Gasteiger partial charge in [-0.2, -0.15) is 4.98 Å². The summed E-state index contributed by atoms with van der Waals surface area (Å²) in [6, 6.07) is 0. The van der Waals surface area contributed by atoms with Crippen LogP contribution in [-0.4, -0.2) is 37.8 Å². The van der Waals surface area contributed by atoms with E-state index < -0.39 is 15.9 Å². The lowest BCUT2D eigenvalue weighted by molar-refractivity contribution is 0.142. The van der Waals surface area contributed by atoms with Gasteiger partial charge in [0.05, 0.1) is 5.56 Å². The summed E-state index contributed by atoms with van der Waals surface area (Å²) in [4.78, 5) is 19.9. The van der Waals surface area contributed by atoms with Crippen molar-refractivity contribution >= 4 is 21.7 Å². The number of carbonyl (C=O) groups is 1. The van der Waals surface area contributed by atoms with Gasteiger partial charge in [-0.15, -0.1) is 0 Å². The fraction of sp³-hybridized carbons (Fsp3) is 0.375. The molecule has 8 heteroatoms. The second kappa shape index (κ2) is 3.41. The van der Waals surface area contributed by atoms with E-state index in [1.807, 2.05) is 0 Å². The molecular weight excluding hydrogens is 234 g/mol. The largest absolute Gasteiger partial charge is 0.444 e. The molecule has 0 atom stereocenters. The van der Waals surface area contributed by atoms with Crippen LogP contribution in [0.2, 0.25) is 0 Å². The minimum Gasteiger partial charge on any atom is -0.444 e. The summed E-state index contributed by atoms with van der Waals surface area (Å²) < 4.78 is 27.3. The number of amides is 1. The Morgan fingerprint density at radius 1 is 1.50 bits per heavy atom. The summed E-state index contributed by atoms with van der Waals surface area (Å²) in [7, 11) is -2.02. The number of ether oxygens (including phenoxy) is 1. The lowest BCUT2D eigenvalue weighted by atomic mass is 10.3. The molecule has 0 bridgehead atoms. The zero-order valence-electron chi connectivity index (χ0n) is 8.67. The maximum atomic E-state index is 11.2. The van der Waals surface area contributed by atoms with Crippen LogP contribution < -0.4 is 4.90 Å². The summed E-state index contributed by atoms with van der Waals surface area (Å²) in [5.41, 5.74) is 0.578. The molecule has 2 heterocycles. The van der Waals surface area contributed by atoms with Gasteiger partial charge in [0.25, 0.3) is 0 Å². The average Bonchev–Trinajstić information content (AvgIpc) is 2.22. The first-order chi connectivity index (χ1) is 7.39. The molecule has 7 nitrogen and oxygen atoms in total. The number of carbonyl (C=O) groups excluding carboxylic acids is 1. The van der Waals surface area contributed by atoms with Gasteiger partial charge >= 0.3 is 6.09 Å². The molecule has 1 aliphatic rings. The molecule has 0 aliphatic carbocycles. The number of hydrogen-bond donors (Lipinski definition) is 0. The first kappa shape index (κ1) is 10.8. The Morgan fingerprint density at radius 3 is 2.81 bits per heavy atom. The topological polar surface area (TPSA) is 89.5 Å². The Balaban J connectivity index is 2.57. The average molecular weight is 243 g/mol. The van der Waals surface area contributed by atoms with E-state index in [1.165, 1.54) is 13.2 Å². The quantitative estimate of drug-likeness (QED) is 0.643. The lowest BCUT2D eigenvalue weighted by Crippen LogP contribution is -2.33. The summed E-state index contributed by atoms with van der Waals surface area (Å²) >= 11 is 0. The fourth-order valence-corrected chi connectivity index (χ4v) is 1.77. The number of nitrogens with zero attached hydrogens (tertiary/aromatic N) is 3. The van der Waals surface area contributed by atoms with E-state index in [0.717, 1.165) is 11.2 Å². The van der Waals surface area contributed by atoms with Gasteiger partial charge < -0.3 is 4.74 Å². The Bertz CT molecular complexity index is 554. The van der Waals surface area contributed by atoms with Crippen LogP contribution in [0.3, 0.4) is 0 Å². The molecule has 0 aromatic carbocycles. The van der Waals surface area contributed by atoms with Crippen molar-refractivity contribution in [3.8, 4) is 0 Å². The summed E-state index contributed by atoms with van der Waals surface area (Å²) in [6.45, 7) is 0.0581. The Labute approximate surface area is 92.0 Å². The third kappa shape index (κ3) is 1.71. The van der Waals surface area contributed by atoms with Gasteiger partial charge in [-0.1, -0.05) is 0 Å². The van der Waals surface area contributed by atoms with Gasteiger partial charge in [0, 0.05) is 19.5 Å². The van der Waals surface area contributed by atoms with E-state index in [2.05, 4.69) is 9.97 Å². The molecule has 86 valence electrons. The minimum absolute atomic E-state index is 0.0581. The number of rotatable bonds is 1. The second-order valence-corrected chi connectivity index (χ2v) is 5.30. The maximum absolute atomic E-state index is 11.2. The monoisotopic (exact) mass is 243 g/mol. The number of anilines is 1. The highest BCUT2D eigenvalue weighted by molar-refractivity contribution is 7.90. The van der Waals surface area contributed by atoms with E-state index in [4.69, 9.17) is 4.74 Å². The Kier molecular flexibility index (Phi) is 2.30. The molecule has 2 rings (SSSR count). The predicted molar refractivity (Wildman–Crippen MR) is 53.7 cm³/mol. The highest BCUT2D eigenvalue weighted by Crippen LogP contribution is 2.23. The normalized spacial score (nSPS) is 15.6. The molecule has 0 spiro atoms.